The molecule has 0 aliphatic heterocycles. The molecule has 0 spiro atoms. The summed E-state index contributed by atoms with van der Waals surface area (Å²) in [7, 11) is 3.31. The molecule has 2 amide bonds. The van der Waals surface area contributed by atoms with E-state index in [0.717, 1.165) is 28.2 Å². The zero-order valence-corrected chi connectivity index (χ0v) is 19.6. The van der Waals surface area contributed by atoms with Gasteiger partial charge in [0.1, 0.15) is 0 Å². The van der Waals surface area contributed by atoms with Crippen molar-refractivity contribution in [3.8, 4) is 5.69 Å². The van der Waals surface area contributed by atoms with Crippen LogP contribution in [-0.2, 0) is 11.2 Å². The predicted molar refractivity (Wildman–Crippen MR) is 125 cm³/mol. The molecule has 6 nitrogen and oxygen atoms in total. The maximum absolute atomic E-state index is 12.7. The second kappa shape index (κ2) is 9.12. The Bertz CT molecular complexity index is 1170. The molecule has 0 atom stereocenters. The standard InChI is InChI=1S/C23H24Cl2N4O2/c1-13-6-8-17(11-20(13)24)29-15(3)19(14(2)27-29)12-22(30)26-16-7-9-18(21(25)10-16)23(31)28(4)5/h6-11H,12H2,1-5H3,(H,26,30). The summed E-state index contributed by atoms with van der Waals surface area (Å²) in [6.07, 6.45) is 0.160. The Morgan fingerprint density at radius 3 is 2.35 bits per heavy atom. The van der Waals surface area contributed by atoms with Gasteiger partial charge in [0.15, 0.2) is 0 Å². The van der Waals surface area contributed by atoms with Gasteiger partial charge in [-0.3, -0.25) is 9.59 Å². The van der Waals surface area contributed by atoms with E-state index in [0.29, 0.717) is 16.3 Å². The molecule has 0 radical (unpaired) electrons. The molecule has 0 aliphatic carbocycles. The Balaban J connectivity index is 1.78. The fourth-order valence-electron chi connectivity index (χ4n) is 3.27. The van der Waals surface area contributed by atoms with E-state index >= 15 is 0 Å². The van der Waals surface area contributed by atoms with Gasteiger partial charge in [0.05, 0.1) is 28.4 Å². The summed E-state index contributed by atoms with van der Waals surface area (Å²) in [6, 6.07) is 10.6. The highest BCUT2D eigenvalue weighted by atomic mass is 35.5. The number of aromatic nitrogens is 2. The van der Waals surface area contributed by atoms with Crippen molar-refractivity contribution in [1.82, 2.24) is 14.7 Å². The van der Waals surface area contributed by atoms with E-state index in [1.54, 1.807) is 37.0 Å². The number of rotatable bonds is 5. The SMILES string of the molecule is Cc1ccc(-n2nc(C)c(CC(=O)Nc3ccc(C(=O)N(C)C)c(Cl)c3)c2C)cc1Cl. The summed E-state index contributed by atoms with van der Waals surface area (Å²) in [6.45, 7) is 5.74. The smallest absolute Gasteiger partial charge is 0.254 e. The Kier molecular flexibility index (Phi) is 6.72. The van der Waals surface area contributed by atoms with Crippen molar-refractivity contribution in [3.63, 3.8) is 0 Å². The molecule has 0 fully saturated rings. The first-order valence-corrected chi connectivity index (χ1v) is 10.5. The zero-order valence-electron chi connectivity index (χ0n) is 18.1. The molecular weight excluding hydrogens is 435 g/mol. The van der Waals surface area contributed by atoms with Gasteiger partial charge < -0.3 is 10.2 Å². The molecule has 3 rings (SSSR count). The first kappa shape index (κ1) is 22.8. The van der Waals surface area contributed by atoms with Crippen LogP contribution in [0.2, 0.25) is 10.0 Å². The van der Waals surface area contributed by atoms with Crippen LogP contribution in [0.1, 0.15) is 32.9 Å². The van der Waals surface area contributed by atoms with E-state index in [4.69, 9.17) is 23.2 Å². The van der Waals surface area contributed by atoms with Gasteiger partial charge in [0.25, 0.3) is 5.91 Å². The van der Waals surface area contributed by atoms with E-state index in [-0.39, 0.29) is 23.3 Å². The number of carbonyl (C=O) groups excluding carboxylic acids is 2. The third kappa shape index (κ3) is 4.92. The molecule has 0 aliphatic rings. The van der Waals surface area contributed by atoms with Gasteiger partial charge in [-0.2, -0.15) is 5.10 Å². The summed E-state index contributed by atoms with van der Waals surface area (Å²) in [4.78, 5) is 26.2. The molecule has 162 valence electrons. The minimum absolute atomic E-state index is 0.160. The lowest BCUT2D eigenvalue weighted by molar-refractivity contribution is -0.115. The normalized spacial score (nSPS) is 10.8. The highest BCUT2D eigenvalue weighted by Crippen LogP contribution is 2.25. The Morgan fingerprint density at radius 1 is 1.03 bits per heavy atom. The summed E-state index contributed by atoms with van der Waals surface area (Å²) in [5.74, 6) is -0.395. The Morgan fingerprint density at radius 2 is 1.74 bits per heavy atom. The van der Waals surface area contributed by atoms with Crippen LogP contribution in [-0.4, -0.2) is 40.6 Å². The molecule has 0 saturated carbocycles. The number of aryl methyl sites for hydroxylation is 2. The van der Waals surface area contributed by atoms with Crippen molar-refractivity contribution >= 4 is 40.7 Å². The van der Waals surface area contributed by atoms with E-state index < -0.39 is 0 Å². The minimum Gasteiger partial charge on any atom is -0.345 e. The fraction of sp³-hybridized carbons (Fsp3) is 0.261. The lowest BCUT2D eigenvalue weighted by Crippen LogP contribution is -2.22. The Labute approximate surface area is 191 Å². The van der Waals surface area contributed by atoms with Gasteiger partial charge >= 0.3 is 0 Å². The van der Waals surface area contributed by atoms with Crippen LogP contribution in [0.25, 0.3) is 5.69 Å². The second-order valence-electron chi connectivity index (χ2n) is 7.61. The van der Waals surface area contributed by atoms with Crippen LogP contribution >= 0.6 is 23.2 Å². The van der Waals surface area contributed by atoms with E-state index in [2.05, 4.69) is 10.4 Å². The summed E-state index contributed by atoms with van der Waals surface area (Å²) >= 11 is 12.5. The molecule has 2 aromatic carbocycles. The number of nitrogens with zero attached hydrogens (tertiary/aromatic N) is 3. The summed E-state index contributed by atoms with van der Waals surface area (Å²) in [5, 5.41) is 8.38. The second-order valence-corrected chi connectivity index (χ2v) is 8.43. The maximum atomic E-state index is 12.7. The molecule has 1 aromatic heterocycles. The van der Waals surface area contributed by atoms with Gasteiger partial charge in [-0.1, -0.05) is 29.3 Å². The van der Waals surface area contributed by atoms with E-state index in [1.807, 2.05) is 39.0 Å². The third-order valence-electron chi connectivity index (χ3n) is 5.07. The first-order valence-electron chi connectivity index (χ1n) is 9.71. The molecule has 1 N–H and O–H groups in total. The van der Waals surface area contributed by atoms with E-state index in [9.17, 15) is 9.59 Å². The molecule has 0 bridgehead atoms. The van der Waals surface area contributed by atoms with Crippen molar-refractivity contribution in [1.29, 1.82) is 0 Å². The molecule has 0 unspecified atom stereocenters. The van der Waals surface area contributed by atoms with Crippen LogP contribution in [0.5, 0.6) is 0 Å². The zero-order chi connectivity index (χ0) is 22.9. The Hall–Kier alpha value is -2.83. The predicted octanol–water partition coefficient (Wildman–Crippen LogP) is 4.99. The molecule has 3 aromatic rings. The van der Waals surface area contributed by atoms with Crippen molar-refractivity contribution < 1.29 is 9.59 Å². The average molecular weight is 459 g/mol. The van der Waals surface area contributed by atoms with Gasteiger partial charge in [-0.05, 0) is 56.7 Å². The monoisotopic (exact) mass is 458 g/mol. The highest BCUT2D eigenvalue weighted by Gasteiger charge is 2.18. The number of anilines is 1. The maximum Gasteiger partial charge on any atom is 0.254 e. The van der Waals surface area contributed by atoms with Gasteiger partial charge in [-0.25, -0.2) is 4.68 Å². The van der Waals surface area contributed by atoms with Crippen molar-refractivity contribution in [3.05, 3.63) is 74.5 Å². The van der Waals surface area contributed by atoms with Gasteiger partial charge in [0, 0.05) is 36.1 Å². The van der Waals surface area contributed by atoms with Crippen LogP contribution in [0.15, 0.2) is 36.4 Å². The summed E-state index contributed by atoms with van der Waals surface area (Å²) < 4.78 is 1.79. The lowest BCUT2D eigenvalue weighted by Gasteiger charge is -2.13. The molecule has 1 heterocycles. The van der Waals surface area contributed by atoms with Crippen LogP contribution in [0.4, 0.5) is 5.69 Å². The number of hydrogen-bond acceptors (Lipinski definition) is 3. The molecule has 31 heavy (non-hydrogen) atoms. The topological polar surface area (TPSA) is 67.2 Å². The van der Waals surface area contributed by atoms with Crippen molar-refractivity contribution in [2.24, 2.45) is 0 Å². The quantitative estimate of drug-likeness (QED) is 0.585. The lowest BCUT2D eigenvalue weighted by atomic mass is 10.1. The summed E-state index contributed by atoms with van der Waals surface area (Å²) in [5.41, 5.74) is 5.23. The van der Waals surface area contributed by atoms with Crippen LogP contribution < -0.4 is 5.32 Å². The number of hydrogen-bond donors (Lipinski definition) is 1. The number of benzene rings is 2. The van der Waals surface area contributed by atoms with E-state index in [1.165, 1.54) is 4.90 Å². The van der Waals surface area contributed by atoms with Gasteiger partial charge in [-0.15, -0.1) is 0 Å². The fourth-order valence-corrected chi connectivity index (χ4v) is 3.70. The average Bonchev–Trinajstić information content (AvgIpc) is 2.98. The minimum atomic E-state index is -0.199. The number of nitrogens with one attached hydrogen (secondary N) is 1. The number of halogens is 2. The van der Waals surface area contributed by atoms with Gasteiger partial charge in [0.2, 0.25) is 5.91 Å². The van der Waals surface area contributed by atoms with Crippen LogP contribution in [0, 0.1) is 20.8 Å². The first-order chi connectivity index (χ1) is 14.6. The third-order valence-corrected chi connectivity index (χ3v) is 5.79. The highest BCUT2D eigenvalue weighted by molar-refractivity contribution is 6.34. The van der Waals surface area contributed by atoms with Crippen molar-refractivity contribution in [2.45, 2.75) is 27.2 Å². The number of carbonyl (C=O) groups is 2. The van der Waals surface area contributed by atoms with Crippen molar-refractivity contribution in [2.75, 3.05) is 19.4 Å². The largest absolute Gasteiger partial charge is 0.345 e. The molecule has 0 saturated heterocycles. The molecular formula is C23H24Cl2N4O2. The number of amides is 2. The molecule has 8 heteroatoms. The van der Waals surface area contributed by atoms with Crippen LogP contribution in [0.3, 0.4) is 0 Å².